The van der Waals surface area contributed by atoms with Crippen molar-refractivity contribution in [3.8, 4) is 0 Å². The molecule has 0 saturated carbocycles. The van der Waals surface area contributed by atoms with Crippen molar-refractivity contribution in [2.24, 2.45) is 5.92 Å². The Morgan fingerprint density at radius 1 is 1.29 bits per heavy atom. The Morgan fingerprint density at radius 2 is 1.76 bits per heavy atom. The SMILES string of the molecule is COC(=O)C(CC(C)C)OS(=O)(=O)C(F)(F)F. The van der Waals surface area contributed by atoms with Crippen molar-refractivity contribution in [3.05, 3.63) is 0 Å². The van der Waals surface area contributed by atoms with Crippen LogP contribution in [0, 0.1) is 5.92 Å². The van der Waals surface area contributed by atoms with Gasteiger partial charge in [0.25, 0.3) is 0 Å². The molecule has 0 rings (SSSR count). The van der Waals surface area contributed by atoms with Crippen LogP contribution in [0.25, 0.3) is 0 Å². The number of ether oxygens (including phenoxy) is 1. The molecule has 0 heterocycles. The summed E-state index contributed by atoms with van der Waals surface area (Å²) in [6, 6.07) is 0. The fourth-order valence-corrected chi connectivity index (χ4v) is 1.51. The molecule has 1 unspecified atom stereocenters. The van der Waals surface area contributed by atoms with Crippen molar-refractivity contribution in [1.82, 2.24) is 0 Å². The Morgan fingerprint density at radius 3 is 2.06 bits per heavy atom. The number of carbonyl (C=O) groups excluding carboxylic acids is 1. The highest BCUT2D eigenvalue weighted by Crippen LogP contribution is 2.27. The fourth-order valence-electron chi connectivity index (χ4n) is 0.942. The first kappa shape index (κ1) is 16.2. The van der Waals surface area contributed by atoms with Gasteiger partial charge in [-0.3, -0.25) is 0 Å². The standard InChI is InChI=1S/C8H13F3O5S/c1-5(2)4-6(7(12)15-3)16-17(13,14)8(9,10)11/h5-6H,4H2,1-3H3. The summed E-state index contributed by atoms with van der Waals surface area (Å²) in [7, 11) is -4.87. The highest BCUT2D eigenvalue weighted by atomic mass is 32.2. The molecular formula is C8H13F3O5S. The number of carbonyl (C=O) groups is 1. The van der Waals surface area contributed by atoms with E-state index in [1.165, 1.54) is 0 Å². The van der Waals surface area contributed by atoms with Crippen molar-refractivity contribution in [2.75, 3.05) is 7.11 Å². The quantitative estimate of drug-likeness (QED) is 0.432. The number of rotatable bonds is 5. The smallest absolute Gasteiger partial charge is 0.467 e. The molecule has 0 aromatic heterocycles. The zero-order chi connectivity index (χ0) is 13.9. The average Bonchev–Trinajstić information content (AvgIpc) is 2.12. The lowest BCUT2D eigenvalue weighted by molar-refractivity contribution is -0.150. The van der Waals surface area contributed by atoms with Crippen LogP contribution >= 0.6 is 0 Å². The van der Waals surface area contributed by atoms with Gasteiger partial charge in [-0.25, -0.2) is 8.98 Å². The molecule has 1 atom stereocenters. The lowest BCUT2D eigenvalue weighted by atomic mass is 10.1. The Balaban J connectivity index is 4.94. The van der Waals surface area contributed by atoms with Crippen LogP contribution in [0.3, 0.4) is 0 Å². The Bertz CT molecular complexity index is 360. The fraction of sp³-hybridized carbons (Fsp3) is 0.875. The summed E-state index contributed by atoms with van der Waals surface area (Å²) in [5.41, 5.74) is -5.56. The maximum Gasteiger partial charge on any atom is 0.523 e. The van der Waals surface area contributed by atoms with E-state index >= 15 is 0 Å². The highest BCUT2D eigenvalue weighted by molar-refractivity contribution is 7.87. The van der Waals surface area contributed by atoms with E-state index in [1.807, 2.05) is 0 Å². The van der Waals surface area contributed by atoms with Crippen molar-refractivity contribution >= 4 is 16.1 Å². The van der Waals surface area contributed by atoms with Crippen LogP contribution in [-0.4, -0.2) is 33.1 Å². The van der Waals surface area contributed by atoms with Crippen LogP contribution in [0.2, 0.25) is 0 Å². The maximum atomic E-state index is 12.0. The van der Waals surface area contributed by atoms with Crippen LogP contribution in [0.15, 0.2) is 0 Å². The van der Waals surface area contributed by atoms with Gasteiger partial charge in [0.2, 0.25) is 0 Å². The van der Waals surface area contributed by atoms with Crippen molar-refractivity contribution in [1.29, 1.82) is 0 Å². The number of halogens is 3. The minimum Gasteiger partial charge on any atom is -0.467 e. The first-order chi connectivity index (χ1) is 7.51. The van der Waals surface area contributed by atoms with Crippen molar-refractivity contribution < 1.29 is 35.3 Å². The Labute approximate surface area is 97.0 Å². The number of alkyl halides is 3. The summed E-state index contributed by atoms with van der Waals surface area (Å²) < 4.78 is 65.5. The number of esters is 1. The number of hydrogen-bond donors (Lipinski definition) is 0. The van der Waals surface area contributed by atoms with Gasteiger partial charge < -0.3 is 4.74 Å². The van der Waals surface area contributed by atoms with Gasteiger partial charge in [-0.1, -0.05) is 13.8 Å². The summed E-state index contributed by atoms with van der Waals surface area (Å²) in [6.07, 6.45) is -1.98. The lowest BCUT2D eigenvalue weighted by Gasteiger charge is -2.17. The zero-order valence-electron chi connectivity index (χ0n) is 9.45. The predicted octanol–water partition coefficient (Wildman–Crippen LogP) is 1.44. The Kier molecular flexibility index (Phi) is 5.40. The molecule has 0 saturated heterocycles. The topological polar surface area (TPSA) is 69.7 Å². The van der Waals surface area contributed by atoms with E-state index in [4.69, 9.17) is 0 Å². The summed E-state index contributed by atoms with van der Waals surface area (Å²) in [5, 5.41) is 0. The zero-order valence-corrected chi connectivity index (χ0v) is 10.3. The molecule has 0 bridgehead atoms. The Hall–Kier alpha value is -0.830. The molecule has 0 N–H and O–H groups in total. The third kappa shape index (κ3) is 4.90. The molecule has 17 heavy (non-hydrogen) atoms. The molecule has 0 aliphatic carbocycles. The van der Waals surface area contributed by atoms with Gasteiger partial charge in [-0.15, -0.1) is 0 Å². The summed E-state index contributed by atoms with van der Waals surface area (Å²) in [5.74, 6) is -1.39. The van der Waals surface area contributed by atoms with E-state index in [0.717, 1.165) is 7.11 Å². The molecule has 0 aromatic carbocycles. The largest absolute Gasteiger partial charge is 0.523 e. The highest BCUT2D eigenvalue weighted by Gasteiger charge is 2.49. The third-order valence-corrected chi connectivity index (χ3v) is 2.73. The molecule has 0 radical (unpaired) electrons. The van der Waals surface area contributed by atoms with E-state index in [9.17, 15) is 26.4 Å². The lowest BCUT2D eigenvalue weighted by Crippen LogP contribution is -2.35. The van der Waals surface area contributed by atoms with Crippen LogP contribution in [0.4, 0.5) is 13.2 Å². The van der Waals surface area contributed by atoms with Gasteiger partial charge in [0.1, 0.15) is 0 Å². The molecule has 102 valence electrons. The van der Waals surface area contributed by atoms with Gasteiger partial charge in [0, 0.05) is 0 Å². The van der Waals surface area contributed by atoms with Crippen LogP contribution < -0.4 is 0 Å². The normalized spacial score (nSPS) is 14.8. The molecule has 5 nitrogen and oxygen atoms in total. The van der Waals surface area contributed by atoms with Gasteiger partial charge in [0.15, 0.2) is 6.10 Å². The number of methoxy groups -OCH3 is 1. The molecule has 0 spiro atoms. The van der Waals surface area contributed by atoms with Crippen molar-refractivity contribution in [3.63, 3.8) is 0 Å². The predicted molar refractivity (Wildman–Crippen MR) is 51.3 cm³/mol. The van der Waals surface area contributed by atoms with Crippen LogP contribution in [0.1, 0.15) is 20.3 Å². The third-order valence-electron chi connectivity index (χ3n) is 1.68. The molecule has 0 aliphatic rings. The summed E-state index contributed by atoms with van der Waals surface area (Å²) in [6.45, 7) is 3.19. The minimum atomic E-state index is -5.80. The first-order valence-corrected chi connectivity index (χ1v) is 5.99. The van der Waals surface area contributed by atoms with Crippen molar-refractivity contribution in [2.45, 2.75) is 31.9 Å². The molecule has 0 amide bonds. The maximum absolute atomic E-state index is 12.0. The molecule has 0 fully saturated rings. The van der Waals surface area contributed by atoms with E-state index in [2.05, 4.69) is 8.92 Å². The van der Waals surface area contributed by atoms with Gasteiger partial charge in [0.05, 0.1) is 7.11 Å². The first-order valence-electron chi connectivity index (χ1n) is 4.58. The van der Waals surface area contributed by atoms with Crippen LogP contribution in [-0.2, 0) is 23.8 Å². The second-order valence-corrected chi connectivity index (χ2v) is 5.20. The monoisotopic (exact) mass is 278 g/mol. The van der Waals surface area contributed by atoms with Gasteiger partial charge >= 0.3 is 21.6 Å². The summed E-state index contributed by atoms with van der Waals surface area (Å²) >= 11 is 0. The van der Waals surface area contributed by atoms with E-state index in [0.29, 0.717) is 0 Å². The number of hydrogen-bond acceptors (Lipinski definition) is 5. The minimum absolute atomic E-state index is 0.192. The average molecular weight is 278 g/mol. The molecular weight excluding hydrogens is 265 g/mol. The van der Waals surface area contributed by atoms with E-state index < -0.39 is 27.7 Å². The molecule has 9 heteroatoms. The second kappa shape index (κ2) is 5.67. The van der Waals surface area contributed by atoms with Gasteiger partial charge in [-0.2, -0.15) is 21.6 Å². The van der Waals surface area contributed by atoms with Crippen LogP contribution in [0.5, 0.6) is 0 Å². The van der Waals surface area contributed by atoms with E-state index in [1.54, 1.807) is 13.8 Å². The second-order valence-electron chi connectivity index (χ2n) is 3.64. The molecule has 0 aliphatic heterocycles. The summed E-state index contributed by atoms with van der Waals surface area (Å²) in [4.78, 5) is 11.1. The van der Waals surface area contributed by atoms with Gasteiger partial charge in [-0.05, 0) is 12.3 Å². The van der Waals surface area contributed by atoms with E-state index in [-0.39, 0.29) is 12.3 Å². The molecule has 0 aromatic rings.